The Morgan fingerprint density at radius 1 is 1.17 bits per heavy atom. The fraction of sp³-hybridized carbons (Fsp3) is 0.467. The average molecular weight is 248 g/mol. The lowest BCUT2D eigenvalue weighted by molar-refractivity contribution is -0.137. The number of ketones is 1. The summed E-state index contributed by atoms with van der Waals surface area (Å²) in [6.45, 7) is 6.14. The van der Waals surface area contributed by atoms with Gasteiger partial charge in [-0.25, -0.2) is 4.79 Å². The van der Waals surface area contributed by atoms with Gasteiger partial charge in [-0.15, -0.1) is 0 Å². The van der Waals surface area contributed by atoms with E-state index in [2.05, 4.69) is 13.8 Å². The Balaban J connectivity index is 2.94. The van der Waals surface area contributed by atoms with Crippen molar-refractivity contribution in [3.63, 3.8) is 0 Å². The smallest absolute Gasteiger partial charge is 0.379 e. The fourth-order valence-corrected chi connectivity index (χ4v) is 2.01. The molecule has 1 rings (SSSR count). The van der Waals surface area contributed by atoms with Gasteiger partial charge in [-0.1, -0.05) is 32.0 Å². The molecule has 0 spiro atoms. The standard InChI is InChI=1S/C15H20O3/c1-4-11(5-2)12-8-7-9-13(10-12)14(16)15(17)18-6-3/h7-11H,4-6H2,1-3H3. The Hall–Kier alpha value is -1.64. The number of rotatable bonds is 6. The van der Waals surface area contributed by atoms with Gasteiger partial charge in [-0.3, -0.25) is 4.79 Å². The summed E-state index contributed by atoms with van der Waals surface area (Å²) in [6, 6.07) is 7.28. The van der Waals surface area contributed by atoms with Gasteiger partial charge in [-0.05, 0) is 37.3 Å². The minimum atomic E-state index is -0.779. The summed E-state index contributed by atoms with van der Waals surface area (Å²) in [6.07, 6.45) is 2.04. The molecule has 0 atom stereocenters. The molecule has 0 aliphatic rings. The highest BCUT2D eigenvalue weighted by Crippen LogP contribution is 2.23. The van der Waals surface area contributed by atoms with Gasteiger partial charge in [0.2, 0.25) is 0 Å². The van der Waals surface area contributed by atoms with E-state index >= 15 is 0 Å². The summed E-state index contributed by atoms with van der Waals surface area (Å²) < 4.78 is 4.72. The third-order valence-corrected chi connectivity index (χ3v) is 3.07. The number of hydrogen-bond donors (Lipinski definition) is 0. The summed E-state index contributed by atoms with van der Waals surface area (Å²) in [5.41, 5.74) is 1.52. The largest absolute Gasteiger partial charge is 0.460 e. The topological polar surface area (TPSA) is 43.4 Å². The van der Waals surface area contributed by atoms with Crippen LogP contribution in [0.5, 0.6) is 0 Å². The van der Waals surface area contributed by atoms with E-state index in [1.807, 2.05) is 12.1 Å². The molecule has 0 heterocycles. The van der Waals surface area contributed by atoms with Crippen molar-refractivity contribution in [2.45, 2.75) is 39.5 Å². The van der Waals surface area contributed by atoms with E-state index in [1.54, 1.807) is 19.1 Å². The fourth-order valence-electron chi connectivity index (χ4n) is 2.01. The Morgan fingerprint density at radius 3 is 2.39 bits per heavy atom. The zero-order valence-corrected chi connectivity index (χ0v) is 11.2. The molecule has 0 saturated carbocycles. The van der Waals surface area contributed by atoms with Crippen LogP contribution in [0.15, 0.2) is 24.3 Å². The molecule has 0 aliphatic heterocycles. The number of carbonyl (C=O) groups excluding carboxylic acids is 2. The van der Waals surface area contributed by atoms with E-state index in [4.69, 9.17) is 4.74 Å². The van der Waals surface area contributed by atoms with Crippen molar-refractivity contribution < 1.29 is 14.3 Å². The van der Waals surface area contributed by atoms with Crippen molar-refractivity contribution in [3.8, 4) is 0 Å². The van der Waals surface area contributed by atoms with E-state index in [0.29, 0.717) is 11.5 Å². The molecule has 3 nitrogen and oxygen atoms in total. The number of hydrogen-bond acceptors (Lipinski definition) is 3. The van der Waals surface area contributed by atoms with E-state index in [9.17, 15) is 9.59 Å². The molecule has 1 aromatic carbocycles. The Bertz CT molecular complexity index is 420. The van der Waals surface area contributed by atoms with Gasteiger partial charge in [0.05, 0.1) is 6.61 Å². The Kier molecular flexibility index (Phi) is 5.56. The van der Waals surface area contributed by atoms with E-state index in [0.717, 1.165) is 18.4 Å². The summed E-state index contributed by atoms with van der Waals surface area (Å²) in [4.78, 5) is 23.2. The molecule has 18 heavy (non-hydrogen) atoms. The highest BCUT2D eigenvalue weighted by Gasteiger charge is 2.18. The van der Waals surface area contributed by atoms with Crippen LogP contribution < -0.4 is 0 Å². The SMILES string of the molecule is CCOC(=O)C(=O)c1cccc(C(CC)CC)c1. The molecule has 1 aromatic rings. The minimum absolute atomic E-state index is 0.219. The van der Waals surface area contributed by atoms with Crippen LogP contribution in [0.4, 0.5) is 0 Å². The lowest BCUT2D eigenvalue weighted by Crippen LogP contribution is -2.17. The number of esters is 1. The van der Waals surface area contributed by atoms with Crippen LogP contribution in [0.25, 0.3) is 0 Å². The molecule has 3 heteroatoms. The first kappa shape index (κ1) is 14.4. The van der Waals surface area contributed by atoms with Crippen molar-refractivity contribution in [2.75, 3.05) is 6.61 Å². The molecule has 0 fully saturated rings. The first-order valence-electron chi connectivity index (χ1n) is 6.45. The van der Waals surface area contributed by atoms with Crippen molar-refractivity contribution in [1.82, 2.24) is 0 Å². The first-order chi connectivity index (χ1) is 8.63. The van der Waals surface area contributed by atoms with Gasteiger partial charge in [0.25, 0.3) is 5.78 Å². The van der Waals surface area contributed by atoms with E-state index < -0.39 is 11.8 Å². The summed E-state index contributed by atoms with van der Waals surface area (Å²) in [5, 5.41) is 0. The zero-order chi connectivity index (χ0) is 13.5. The zero-order valence-electron chi connectivity index (χ0n) is 11.2. The molecule has 98 valence electrons. The van der Waals surface area contributed by atoms with Crippen LogP contribution in [0.1, 0.15) is 55.5 Å². The summed E-state index contributed by atoms with van der Waals surface area (Å²) in [7, 11) is 0. The van der Waals surface area contributed by atoms with Crippen molar-refractivity contribution in [1.29, 1.82) is 0 Å². The van der Waals surface area contributed by atoms with Crippen LogP contribution in [-0.4, -0.2) is 18.4 Å². The third-order valence-electron chi connectivity index (χ3n) is 3.07. The maximum atomic E-state index is 11.8. The van der Waals surface area contributed by atoms with E-state index in [1.165, 1.54) is 0 Å². The second-order valence-corrected chi connectivity index (χ2v) is 4.19. The second kappa shape index (κ2) is 6.94. The van der Waals surface area contributed by atoms with Gasteiger partial charge in [0, 0.05) is 5.56 Å². The molecule has 0 aliphatic carbocycles. The van der Waals surface area contributed by atoms with Gasteiger partial charge in [-0.2, -0.15) is 0 Å². The first-order valence-corrected chi connectivity index (χ1v) is 6.45. The molecule has 0 bridgehead atoms. The van der Waals surface area contributed by atoms with Crippen LogP contribution in [0.2, 0.25) is 0 Å². The monoisotopic (exact) mass is 248 g/mol. The van der Waals surface area contributed by atoms with Gasteiger partial charge >= 0.3 is 5.97 Å². The highest BCUT2D eigenvalue weighted by molar-refractivity contribution is 6.40. The quantitative estimate of drug-likeness (QED) is 0.440. The number of Topliss-reactive ketones (excluding diaryl/α,β-unsaturated/α-hetero) is 1. The Morgan fingerprint density at radius 2 is 1.83 bits per heavy atom. The third kappa shape index (κ3) is 3.42. The average Bonchev–Trinajstić information content (AvgIpc) is 2.40. The minimum Gasteiger partial charge on any atom is -0.460 e. The number of ether oxygens (including phenoxy) is 1. The van der Waals surface area contributed by atoms with Crippen LogP contribution in [0, 0.1) is 0 Å². The molecule has 0 radical (unpaired) electrons. The van der Waals surface area contributed by atoms with Gasteiger partial charge < -0.3 is 4.74 Å². The lowest BCUT2D eigenvalue weighted by Gasteiger charge is -2.13. The van der Waals surface area contributed by atoms with Gasteiger partial charge in [0.15, 0.2) is 0 Å². The molecule has 0 aromatic heterocycles. The second-order valence-electron chi connectivity index (χ2n) is 4.19. The van der Waals surface area contributed by atoms with Crippen molar-refractivity contribution in [2.24, 2.45) is 0 Å². The maximum absolute atomic E-state index is 11.8. The molecule has 0 amide bonds. The van der Waals surface area contributed by atoms with Crippen molar-refractivity contribution >= 4 is 11.8 Å². The van der Waals surface area contributed by atoms with Crippen molar-refractivity contribution in [3.05, 3.63) is 35.4 Å². The van der Waals surface area contributed by atoms with Crippen LogP contribution in [-0.2, 0) is 9.53 Å². The highest BCUT2D eigenvalue weighted by atomic mass is 16.5. The predicted octanol–water partition coefficient (Wildman–Crippen LogP) is 3.34. The predicted molar refractivity (Wildman–Crippen MR) is 70.7 cm³/mol. The maximum Gasteiger partial charge on any atom is 0.379 e. The normalized spacial score (nSPS) is 10.4. The van der Waals surface area contributed by atoms with Gasteiger partial charge in [0.1, 0.15) is 0 Å². The summed E-state index contributed by atoms with van der Waals surface area (Å²) >= 11 is 0. The Labute approximate surface area is 108 Å². The molecule has 0 unspecified atom stereocenters. The van der Waals surface area contributed by atoms with E-state index in [-0.39, 0.29) is 6.61 Å². The summed E-state index contributed by atoms with van der Waals surface area (Å²) in [5.74, 6) is -0.913. The molecule has 0 N–H and O–H groups in total. The van der Waals surface area contributed by atoms with Crippen LogP contribution >= 0.6 is 0 Å². The van der Waals surface area contributed by atoms with Crippen LogP contribution in [0.3, 0.4) is 0 Å². The molecular weight excluding hydrogens is 228 g/mol. The lowest BCUT2D eigenvalue weighted by atomic mass is 9.92. The number of benzene rings is 1. The number of carbonyl (C=O) groups is 2. The molecular formula is C15H20O3. The molecule has 0 saturated heterocycles.